The molecule has 0 aliphatic carbocycles. The summed E-state index contributed by atoms with van der Waals surface area (Å²) in [5.41, 5.74) is 1.28. The number of hydrogen-bond acceptors (Lipinski definition) is 2. The fraction of sp³-hybridized carbons (Fsp3) is 0.400. The van der Waals surface area contributed by atoms with E-state index in [0.29, 0.717) is 6.17 Å². The maximum absolute atomic E-state index is 5.94. The molecule has 3 rings (SSSR count). The summed E-state index contributed by atoms with van der Waals surface area (Å²) in [6, 6.07) is 8.88. The minimum absolute atomic E-state index is 0.406. The standard InChI is InChI=1S/C10H11ClN2/c11-8-3-1-2-7(4-8)10-12-5-9-6-13(9)10/h1-4,9-10,12H,5-6H2. The summed E-state index contributed by atoms with van der Waals surface area (Å²) in [4.78, 5) is 2.45. The Morgan fingerprint density at radius 2 is 2.38 bits per heavy atom. The smallest absolute Gasteiger partial charge is 0.0865 e. The van der Waals surface area contributed by atoms with Gasteiger partial charge in [-0.3, -0.25) is 10.2 Å². The first kappa shape index (κ1) is 7.80. The predicted octanol–water partition coefficient (Wildman–Crippen LogP) is 1.63. The average Bonchev–Trinajstić information content (AvgIpc) is 2.78. The van der Waals surface area contributed by atoms with E-state index in [9.17, 15) is 0 Å². The van der Waals surface area contributed by atoms with Crippen molar-refractivity contribution in [2.24, 2.45) is 0 Å². The molecule has 0 bridgehead atoms. The monoisotopic (exact) mass is 194 g/mol. The molecule has 3 heteroatoms. The highest BCUT2D eigenvalue weighted by Gasteiger charge is 2.45. The first-order chi connectivity index (χ1) is 6.34. The van der Waals surface area contributed by atoms with Crippen molar-refractivity contribution in [2.45, 2.75) is 12.2 Å². The second-order valence-electron chi connectivity index (χ2n) is 3.72. The Morgan fingerprint density at radius 1 is 1.46 bits per heavy atom. The summed E-state index contributed by atoms with van der Waals surface area (Å²) in [7, 11) is 0. The molecule has 3 unspecified atom stereocenters. The quantitative estimate of drug-likeness (QED) is 0.684. The fourth-order valence-electron chi connectivity index (χ4n) is 2.05. The second-order valence-corrected chi connectivity index (χ2v) is 4.15. The molecule has 0 spiro atoms. The van der Waals surface area contributed by atoms with Gasteiger partial charge in [-0.05, 0) is 17.7 Å². The van der Waals surface area contributed by atoms with E-state index < -0.39 is 0 Å². The van der Waals surface area contributed by atoms with Gasteiger partial charge in [-0.15, -0.1) is 0 Å². The molecule has 0 aromatic heterocycles. The van der Waals surface area contributed by atoms with Gasteiger partial charge in [-0.1, -0.05) is 23.7 Å². The summed E-state index contributed by atoms with van der Waals surface area (Å²) >= 11 is 5.94. The van der Waals surface area contributed by atoms with Crippen LogP contribution in [-0.2, 0) is 0 Å². The third kappa shape index (κ3) is 1.26. The number of nitrogens with one attached hydrogen (secondary N) is 1. The SMILES string of the molecule is Clc1cccc(C2NCC3CN32)c1. The minimum Gasteiger partial charge on any atom is -0.296 e. The molecular weight excluding hydrogens is 184 g/mol. The van der Waals surface area contributed by atoms with Crippen molar-refractivity contribution in [1.82, 2.24) is 10.2 Å². The van der Waals surface area contributed by atoms with Gasteiger partial charge in [0.15, 0.2) is 0 Å². The Hall–Kier alpha value is -0.570. The molecule has 0 saturated carbocycles. The molecule has 1 N–H and O–H groups in total. The lowest BCUT2D eigenvalue weighted by Gasteiger charge is -2.14. The van der Waals surface area contributed by atoms with E-state index in [1.54, 1.807) is 0 Å². The Balaban J connectivity index is 1.91. The first-order valence-electron chi connectivity index (χ1n) is 4.59. The van der Waals surface area contributed by atoms with E-state index in [2.05, 4.69) is 16.3 Å². The molecule has 2 saturated heterocycles. The van der Waals surface area contributed by atoms with Crippen molar-refractivity contribution in [3.05, 3.63) is 34.9 Å². The fourth-order valence-corrected chi connectivity index (χ4v) is 2.24. The molecule has 2 heterocycles. The van der Waals surface area contributed by atoms with E-state index >= 15 is 0 Å². The van der Waals surface area contributed by atoms with E-state index in [4.69, 9.17) is 11.6 Å². The largest absolute Gasteiger partial charge is 0.296 e. The number of rotatable bonds is 1. The van der Waals surface area contributed by atoms with Gasteiger partial charge >= 0.3 is 0 Å². The van der Waals surface area contributed by atoms with E-state index in [0.717, 1.165) is 17.6 Å². The van der Waals surface area contributed by atoms with Crippen LogP contribution >= 0.6 is 11.6 Å². The summed E-state index contributed by atoms with van der Waals surface area (Å²) in [5.74, 6) is 0. The van der Waals surface area contributed by atoms with Crippen molar-refractivity contribution in [3.63, 3.8) is 0 Å². The van der Waals surface area contributed by atoms with Crippen molar-refractivity contribution in [2.75, 3.05) is 13.1 Å². The number of hydrogen-bond donors (Lipinski definition) is 1. The van der Waals surface area contributed by atoms with Crippen LogP contribution < -0.4 is 5.32 Å². The first-order valence-corrected chi connectivity index (χ1v) is 4.97. The highest BCUT2D eigenvalue weighted by Crippen LogP contribution is 2.35. The van der Waals surface area contributed by atoms with Crippen LogP contribution in [0.25, 0.3) is 0 Å². The van der Waals surface area contributed by atoms with Gasteiger partial charge in [0, 0.05) is 24.2 Å². The lowest BCUT2D eigenvalue weighted by molar-refractivity contribution is 0.404. The molecular formula is C10H11ClN2. The second kappa shape index (κ2) is 2.71. The van der Waals surface area contributed by atoms with Crippen LogP contribution in [0.2, 0.25) is 5.02 Å². The third-order valence-electron chi connectivity index (χ3n) is 2.80. The lowest BCUT2D eigenvalue weighted by atomic mass is 10.2. The summed E-state index contributed by atoms with van der Waals surface area (Å²) < 4.78 is 0. The topological polar surface area (TPSA) is 15.0 Å². The zero-order valence-electron chi connectivity index (χ0n) is 7.20. The van der Waals surface area contributed by atoms with Gasteiger partial charge in [0.2, 0.25) is 0 Å². The van der Waals surface area contributed by atoms with Crippen LogP contribution in [-0.4, -0.2) is 24.0 Å². The maximum atomic E-state index is 5.94. The number of nitrogens with zero attached hydrogens (tertiary/aromatic N) is 1. The van der Waals surface area contributed by atoms with Crippen LogP contribution in [0, 0.1) is 0 Å². The zero-order valence-corrected chi connectivity index (χ0v) is 7.96. The Bertz CT molecular complexity index is 339. The summed E-state index contributed by atoms with van der Waals surface area (Å²) in [5, 5.41) is 4.29. The molecule has 2 nitrogen and oxygen atoms in total. The van der Waals surface area contributed by atoms with Crippen LogP contribution in [0.15, 0.2) is 24.3 Å². The van der Waals surface area contributed by atoms with E-state index in [1.807, 2.05) is 18.2 Å². The van der Waals surface area contributed by atoms with Crippen LogP contribution in [0.3, 0.4) is 0 Å². The van der Waals surface area contributed by atoms with Crippen LogP contribution in [0.4, 0.5) is 0 Å². The van der Waals surface area contributed by atoms with Crippen LogP contribution in [0.1, 0.15) is 11.7 Å². The van der Waals surface area contributed by atoms with E-state index in [1.165, 1.54) is 12.1 Å². The molecule has 2 aliphatic rings. The molecule has 1 aromatic carbocycles. The third-order valence-corrected chi connectivity index (χ3v) is 3.03. The highest BCUT2D eigenvalue weighted by atomic mass is 35.5. The Labute approximate surface area is 82.5 Å². The molecule has 0 amide bonds. The van der Waals surface area contributed by atoms with Crippen molar-refractivity contribution in [1.29, 1.82) is 0 Å². The normalized spacial score (nSPS) is 35.9. The number of fused-ring (bicyclic) bond motifs is 1. The number of halogens is 1. The number of benzene rings is 1. The predicted molar refractivity (Wildman–Crippen MR) is 52.7 cm³/mol. The molecule has 2 aliphatic heterocycles. The van der Waals surface area contributed by atoms with Gasteiger partial charge in [-0.2, -0.15) is 0 Å². The summed E-state index contributed by atoms with van der Waals surface area (Å²) in [6.07, 6.45) is 0.406. The van der Waals surface area contributed by atoms with Crippen LogP contribution in [0.5, 0.6) is 0 Å². The zero-order chi connectivity index (χ0) is 8.84. The van der Waals surface area contributed by atoms with Crippen molar-refractivity contribution in [3.8, 4) is 0 Å². The van der Waals surface area contributed by atoms with Gasteiger partial charge in [-0.25, -0.2) is 0 Å². The van der Waals surface area contributed by atoms with Gasteiger partial charge in [0.25, 0.3) is 0 Å². The van der Waals surface area contributed by atoms with Crippen molar-refractivity contribution < 1.29 is 0 Å². The highest BCUT2D eigenvalue weighted by molar-refractivity contribution is 6.30. The Kier molecular flexibility index (Phi) is 1.62. The maximum Gasteiger partial charge on any atom is 0.0865 e. The van der Waals surface area contributed by atoms with Gasteiger partial charge < -0.3 is 0 Å². The molecule has 3 atom stereocenters. The minimum atomic E-state index is 0.406. The molecule has 0 radical (unpaired) electrons. The van der Waals surface area contributed by atoms with Gasteiger partial charge in [0.1, 0.15) is 0 Å². The molecule has 13 heavy (non-hydrogen) atoms. The molecule has 2 fully saturated rings. The molecule has 68 valence electrons. The van der Waals surface area contributed by atoms with Gasteiger partial charge in [0.05, 0.1) is 6.17 Å². The summed E-state index contributed by atoms with van der Waals surface area (Å²) in [6.45, 7) is 2.36. The van der Waals surface area contributed by atoms with E-state index in [-0.39, 0.29) is 0 Å². The lowest BCUT2D eigenvalue weighted by Crippen LogP contribution is -2.21. The average molecular weight is 195 g/mol. The van der Waals surface area contributed by atoms with Crippen molar-refractivity contribution >= 4 is 11.6 Å². The Morgan fingerprint density at radius 3 is 3.00 bits per heavy atom. The molecule has 1 aromatic rings.